The number of fused-ring (bicyclic) bond motifs is 2. The summed E-state index contributed by atoms with van der Waals surface area (Å²) in [7, 11) is 0. The van der Waals surface area contributed by atoms with Gasteiger partial charge in [0.05, 0.1) is 28.6 Å². The van der Waals surface area contributed by atoms with Gasteiger partial charge in [0.15, 0.2) is 0 Å². The summed E-state index contributed by atoms with van der Waals surface area (Å²) in [6, 6.07) is 12.4. The van der Waals surface area contributed by atoms with E-state index in [0.29, 0.717) is 0 Å². The topological polar surface area (TPSA) is 99.3 Å². The molecule has 2 N–H and O–H groups in total. The Bertz CT molecular complexity index is 1700. The third kappa shape index (κ3) is 4.15. The molecule has 1 aliphatic heterocycles. The maximum atomic E-state index is 5.03. The molecular formula is C29H26N8. The van der Waals surface area contributed by atoms with E-state index >= 15 is 0 Å². The van der Waals surface area contributed by atoms with E-state index in [1.807, 2.05) is 49.1 Å². The summed E-state index contributed by atoms with van der Waals surface area (Å²) in [5.41, 5.74) is 9.59. The first-order valence-corrected chi connectivity index (χ1v) is 12.7. The number of nitrogens with zero attached hydrogens (tertiary/aromatic N) is 6. The van der Waals surface area contributed by atoms with Crippen molar-refractivity contribution in [2.75, 3.05) is 13.1 Å². The summed E-state index contributed by atoms with van der Waals surface area (Å²) < 4.78 is 0. The molecule has 0 atom stereocenters. The van der Waals surface area contributed by atoms with Crippen molar-refractivity contribution in [2.24, 2.45) is 0 Å². The van der Waals surface area contributed by atoms with Crippen LogP contribution >= 0.6 is 0 Å². The Morgan fingerprint density at radius 3 is 2.54 bits per heavy atom. The number of piperidine rings is 1. The molecule has 8 nitrogen and oxygen atoms in total. The summed E-state index contributed by atoms with van der Waals surface area (Å²) >= 11 is 0. The Balaban J connectivity index is 1.26. The van der Waals surface area contributed by atoms with Gasteiger partial charge in [-0.2, -0.15) is 5.10 Å². The highest BCUT2D eigenvalue weighted by Gasteiger charge is 2.16. The Kier molecular flexibility index (Phi) is 5.44. The van der Waals surface area contributed by atoms with E-state index in [9.17, 15) is 0 Å². The van der Waals surface area contributed by atoms with Crippen molar-refractivity contribution >= 4 is 21.9 Å². The second kappa shape index (κ2) is 9.22. The van der Waals surface area contributed by atoms with Crippen LogP contribution in [-0.2, 0) is 6.54 Å². The number of nitrogens with one attached hydrogen (secondary N) is 2. The molecule has 37 heavy (non-hydrogen) atoms. The van der Waals surface area contributed by atoms with E-state index in [1.165, 1.54) is 24.8 Å². The highest BCUT2D eigenvalue weighted by atomic mass is 15.1. The molecule has 0 bridgehead atoms. The van der Waals surface area contributed by atoms with Crippen LogP contribution in [0, 0.1) is 0 Å². The number of aromatic nitrogens is 7. The van der Waals surface area contributed by atoms with Gasteiger partial charge in [0.25, 0.3) is 0 Å². The molecule has 8 heteroatoms. The fourth-order valence-electron chi connectivity index (χ4n) is 5.28. The third-order valence-electron chi connectivity index (χ3n) is 7.15. The number of hydrogen-bond acceptors (Lipinski definition) is 6. The maximum absolute atomic E-state index is 5.03. The number of aromatic amines is 2. The summed E-state index contributed by atoms with van der Waals surface area (Å²) in [5.74, 6) is 0. The van der Waals surface area contributed by atoms with Crippen LogP contribution in [0.1, 0.15) is 24.8 Å². The standard InChI is InChI=1S/C29H26N8/c1-2-10-37(11-3-1)18-19-12-21(15-31-14-19)24-4-5-25-28(34-24)29(36-35-25)26-13-22-23(16-32-17-27(22)33-26)20-6-8-30-9-7-20/h4-9,12-17,33H,1-3,10-11,18H2,(H,35,36). The predicted molar refractivity (Wildman–Crippen MR) is 145 cm³/mol. The number of hydrogen-bond donors (Lipinski definition) is 2. The highest BCUT2D eigenvalue weighted by molar-refractivity contribution is 5.99. The van der Waals surface area contributed by atoms with Crippen molar-refractivity contribution in [2.45, 2.75) is 25.8 Å². The van der Waals surface area contributed by atoms with Crippen molar-refractivity contribution in [1.82, 2.24) is 40.0 Å². The summed E-state index contributed by atoms with van der Waals surface area (Å²) in [5, 5.41) is 8.85. The van der Waals surface area contributed by atoms with Crippen molar-refractivity contribution in [3.8, 4) is 33.8 Å². The van der Waals surface area contributed by atoms with Crippen LogP contribution in [-0.4, -0.2) is 53.1 Å². The monoisotopic (exact) mass is 486 g/mol. The molecule has 1 saturated heterocycles. The van der Waals surface area contributed by atoms with E-state index in [-0.39, 0.29) is 0 Å². The molecule has 0 aliphatic carbocycles. The zero-order valence-electron chi connectivity index (χ0n) is 20.4. The summed E-state index contributed by atoms with van der Waals surface area (Å²) in [6.45, 7) is 3.26. The van der Waals surface area contributed by atoms with Crippen LogP contribution < -0.4 is 0 Å². The fourth-order valence-corrected chi connectivity index (χ4v) is 5.28. The molecule has 6 aromatic rings. The van der Waals surface area contributed by atoms with E-state index < -0.39 is 0 Å². The number of H-pyrrole nitrogens is 2. The normalized spacial score (nSPS) is 14.5. The lowest BCUT2D eigenvalue weighted by Crippen LogP contribution is -2.29. The predicted octanol–water partition coefficient (Wildman–Crippen LogP) is 5.61. The molecular weight excluding hydrogens is 460 g/mol. The van der Waals surface area contributed by atoms with Gasteiger partial charge in [0.2, 0.25) is 0 Å². The molecule has 7 rings (SSSR count). The zero-order chi connectivity index (χ0) is 24.6. The summed E-state index contributed by atoms with van der Waals surface area (Å²) in [6.07, 6.45) is 15.1. The largest absolute Gasteiger partial charge is 0.352 e. The van der Waals surface area contributed by atoms with Crippen LogP contribution in [0.15, 0.2) is 73.6 Å². The molecule has 0 spiro atoms. The lowest BCUT2D eigenvalue weighted by Gasteiger charge is -2.26. The van der Waals surface area contributed by atoms with Gasteiger partial charge < -0.3 is 4.98 Å². The second-order valence-electron chi connectivity index (χ2n) is 9.65. The lowest BCUT2D eigenvalue weighted by atomic mass is 10.1. The van der Waals surface area contributed by atoms with Crippen molar-refractivity contribution in [1.29, 1.82) is 0 Å². The minimum absolute atomic E-state index is 0.783. The van der Waals surface area contributed by atoms with E-state index in [4.69, 9.17) is 4.98 Å². The molecule has 0 unspecified atom stereocenters. The van der Waals surface area contributed by atoms with Crippen LogP contribution in [0.4, 0.5) is 0 Å². The van der Waals surface area contributed by atoms with Gasteiger partial charge in [0.1, 0.15) is 11.2 Å². The number of pyridine rings is 4. The quantitative estimate of drug-likeness (QED) is 0.329. The van der Waals surface area contributed by atoms with Crippen LogP contribution in [0.2, 0.25) is 0 Å². The molecule has 182 valence electrons. The number of rotatable bonds is 5. The molecule has 0 aromatic carbocycles. The first kappa shape index (κ1) is 21.8. The maximum Gasteiger partial charge on any atom is 0.135 e. The molecule has 0 radical (unpaired) electrons. The Morgan fingerprint density at radius 1 is 0.784 bits per heavy atom. The Morgan fingerprint density at radius 2 is 1.65 bits per heavy atom. The lowest BCUT2D eigenvalue weighted by molar-refractivity contribution is 0.220. The average Bonchev–Trinajstić information content (AvgIpc) is 3.58. The molecule has 6 aromatic heterocycles. The smallest absolute Gasteiger partial charge is 0.135 e. The van der Waals surface area contributed by atoms with Crippen molar-refractivity contribution in [3.63, 3.8) is 0 Å². The van der Waals surface area contributed by atoms with Crippen molar-refractivity contribution < 1.29 is 0 Å². The van der Waals surface area contributed by atoms with Gasteiger partial charge in [-0.15, -0.1) is 0 Å². The Labute approximate surface area is 213 Å². The van der Waals surface area contributed by atoms with Gasteiger partial charge in [-0.25, -0.2) is 4.98 Å². The molecule has 7 heterocycles. The first-order valence-electron chi connectivity index (χ1n) is 12.7. The average molecular weight is 487 g/mol. The van der Waals surface area contributed by atoms with Crippen LogP contribution in [0.25, 0.3) is 55.7 Å². The first-order chi connectivity index (χ1) is 18.3. The second-order valence-corrected chi connectivity index (χ2v) is 9.65. The van der Waals surface area contributed by atoms with Crippen molar-refractivity contribution in [3.05, 3.63) is 79.1 Å². The molecule has 0 amide bonds. The SMILES string of the molecule is c1cc(-c2cncc3[nH]c(-c4n[nH]c5ccc(-c6cncc(CN7CCCCC7)c6)nc45)cc23)ccn1. The molecule has 1 fully saturated rings. The van der Waals surface area contributed by atoms with E-state index in [2.05, 4.69) is 47.2 Å². The van der Waals surface area contributed by atoms with Gasteiger partial charge >= 0.3 is 0 Å². The minimum atomic E-state index is 0.783. The van der Waals surface area contributed by atoms with E-state index in [1.54, 1.807) is 12.4 Å². The highest BCUT2D eigenvalue weighted by Crippen LogP contribution is 2.33. The van der Waals surface area contributed by atoms with Gasteiger partial charge in [0, 0.05) is 54.0 Å². The Hall–Kier alpha value is -4.43. The van der Waals surface area contributed by atoms with Crippen LogP contribution in [0.3, 0.4) is 0 Å². The van der Waals surface area contributed by atoms with Gasteiger partial charge in [-0.3, -0.25) is 25.0 Å². The van der Waals surface area contributed by atoms with E-state index in [0.717, 1.165) is 75.3 Å². The fraction of sp³-hybridized carbons (Fsp3) is 0.207. The molecule has 1 aliphatic rings. The summed E-state index contributed by atoms with van der Waals surface area (Å²) in [4.78, 5) is 24.2. The number of likely N-dealkylation sites (tertiary alicyclic amines) is 1. The third-order valence-corrected chi connectivity index (χ3v) is 7.15. The van der Waals surface area contributed by atoms with Gasteiger partial charge in [-0.1, -0.05) is 6.42 Å². The van der Waals surface area contributed by atoms with Gasteiger partial charge in [-0.05, 0) is 73.5 Å². The molecule has 0 saturated carbocycles. The minimum Gasteiger partial charge on any atom is -0.352 e. The zero-order valence-corrected chi connectivity index (χ0v) is 20.4. The van der Waals surface area contributed by atoms with Crippen LogP contribution in [0.5, 0.6) is 0 Å².